The molecule has 30 heavy (non-hydrogen) atoms. The Kier molecular flexibility index (Phi) is 6.11. The lowest BCUT2D eigenvalue weighted by Gasteiger charge is -2.32. The molecular formula is C22H25ClN6O. The molecule has 0 saturated carbocycles. The first-order chi connectivity index (χ1) is 14.5. The number of aryl methyl sites for hydroxylation is 2. The van der Waals surface area contributed by atoms with E-state index in [-0.39, 0.29) is 5.91 Å². The number of carbonyl (C=O) groups excluding carboxylic acids is 1. The zero-order chi connectivity index (χ0) is 21.1. The number of hydrogen-bond acceptors (Lipinski definition) is 6. The second-order valence-electron chi connectivity index (χ2n) is 7.67. The van der Waals surface area contributed by atoms with Crippen LogP contribution < -0.4 is 10.2 Å². The van der Waals surface area contributed by atoms with Gasteiger partial charge in [-0.05, 0) is 44.2 Å². The van der Waals surface area contributed by atoms with Crippen LogP contribution in [-0.4, -0.2) is 59.0 Å². The van der Waals surface area contributed by atoms with E-state index in [1.165, 1.54) is 0 Å². The predicted molar refractivity (Wildman–Crippen MR) is 120 cm³/mol. The Hall–Kier alpha value is -2.77. The monoisotopic (exact) mass is 424 g/mol. The van der Waals surface area contributed by atoms with Crippen molar-refractivity contribution in [2.24, 2.45) is 0 Å². The molecule has 7 nitrogen and oxygen atoms in total. The van der Waals surface area contributed by atoms with Crippen LogP contribution in [0.25, 0.3) is 11.0 Å². The highest BCUT2D eigenvalue weighted by Crippen LogP contribution is 2.22. The van der Waals surface area contributed by atoms with Crippen LogP contribution in [0.1, 0.15) is 17.7 Å². The molecule has 0 unspecified atom stereocenters. The second-order valence-corrected chi connectivity index (χ2v) is 8.11. The Morgan fingerprint density at radius 1 is 1.13 bits per heavy atom. The fraction of sp³-hybridized carbons (Fsp3) is 0.364. The number of aromatic nitrogens is 3. The molecule has 3 aromatic rings. The quantitative estimate of drug-likeness (QED) is 0.677. The summed E-state index contributed by atoms with van der Waals surface area (Å²) in [5.41, 5.74) is 3.24. The minimum absolute atomic E-state index is 0.0567. The topological polar surface area (TPSA) is 74.2 Å². The normalized spacial score (nSPS) is 14.8. The highest BCUT2D eigenvalue weighted by Gasteiger charge is 2.18. The van der Waals surface area contributed by atoms with E-state index >= 15 is 0 Å². The van der Waals surface area contributed by atoms with Crippen LogP contribution in [-0.2, 0) is 11.2 Å². The van der Waals surface area contributed by atoms with Gasteiger partial charge < -0.3 is 15.1 Å². The largest absolute Gasteiger partial charge is 0.338 e. The number of halogens is 1. The number of fused-ring (bicyclic) bond motifs is 1. The van der Waals surface area contributed by atoms with Crippen molar-refractivity contribution in [1.82, 2.24) is 19.9 Å². The van der Waals surface area contributed by atoms with Crippen LogP contribution in [0.2, 0.25) is 5.02 Å². The van der Waals surface area contributed by atoms with E-state index in [1.54, 1.807) is 6.20 Å². The maximum Gasteiger partial charge on any atom is 0.227 e. The van der Waals surface area contributed by atoms with Gasteiger partial charge in [0, 0.05) is 43.0 Å². The summed E-state index contributed by atoms with van der Waals surface area (Å²) in [6.45, 7) is 5.76. The zero-order valence-electron chi connectivity index (χ0n) is 17.2. The molecule has 4 rings (SSSR count). The maximum absolute atomic E-state index is 12.4. The van der Waals surface area contributed by atoms with E-state index in [0.717, 1.165) is 48.8 Å². The first kappa shape index (κ1) is 20.5. The molecule has 0 aliphatic carbocycles. The molecule has 0 bridgehead atoms. The molecule has 0 atom stereocenters. The van der Waals surface area contributed by atoms with Crippen LogP contribution in [0.15, 0.2) is 36.5 Å². The minimum atomic E-state index is -0.0567. The number of likely N-dealkylation sites (N-methyl/N-ethyl adjacent to an activating group) is 1. The summed E-state index contributed by atoms with van der Waals surface area (Å²) in [7, 11) is 2.12. The van der Waals surface area contributed by atoms with Gasteiger partial charge in [-0.3, -0.25) is 4.79 Å². The fourth-order valence-electron chi connectivity index (χ4n) is 3.49. The molecule has 1 aliphatic rings. The average Bonchev–Trinajstić information content (AvgIpc) is 2.74. The van der Waals surface area contributed by atoms with Crippen molar-refractivity contribution in [3.05, 3.63) is 52.8 Å². The lowest BCUT2D eigenvalue weighted by atomic mass is 10.1. The molecule has 0 radical (unpaired) electrons. The number of piperazine rings is 1. The van der Waals surface area contributed by atoms with E-state index in [4.69, 9.17) is 11.6 Å². The number of carbonyl (C=O) groups is 1. The van der Waals surface area contributed by atoms with Gasteiger partial charge in [0.05, 0.1) is 17.6 Å². The molecule has 1 aromatic carbocycles. The van der Waals surface area contributed by atoms with Crippen molar-refractivity contribution in [2.45, 2.75) is 19.8 Å². The smallest absolute Gasteiger partial charge is 0.227 e. The molecule has 1 aliphatic heterocycles. The molecule has 1 fully saturated rings. The Bertz CT molecular complexity index is 1050. The van der Waals surface area contributed by atoms with Gasteiger partial charge in [-0.15, -0.1) is 0 Å². The average molecular weight is 425 g/mol. The Labute approximate surface area is 181 Å². The summed E-state index contributed by atoms with van der Waals surface area (Å²) in [4.78, 5) is 30.7. The van der Waals surface area contributed by atoms with Crippen LogP contribution in [0.4, 0.5) is 11.6 Å². The predicted octanol–water partition coefficient (Wildman–Crippen LogP) is 3.31. The standard InChI is InChI=1S/C22H25ClN6O/c1-15-19-13-18(26-20(30)8-5-16-3-6-17(23)7-4-16)14-24-21(19)27-22(25-15)29-11-9-28(2)10-12-29/h3-4,6-7,13-14H,5,8-12H2,1-2H3,(H,26,30). The lowest BCUT2D eigenvalue weighted by molar-refractivity contribution is -0.116. The number of pyridine rings is 1. The van der Waals surface area contributed by atoms with Crippen molar-refractivity contribution >= 4 is 40.2 Å². The Morgan fingerprint density at radius 3 is 2.60 bits per heavy atom. The summed E-state index contributed by atoms with van der Waals surface area (Å²) in [6.07, 6.45) is 2.70. The molecule has 8 heteroatoms. The van der Waals surface area contributed by atoms with E-state index in [2.05, 4.69) is 37.1 Å². The molecule has 156 valence electrons. The highest BCUT2D eigenvalue weighted by molar-refractivity contribution is 6.30. The zero-order valence-corrected chi connectivity index (χ0v) is 18.0. The number of amides is 1. The van der Waals surface area contributed by atoms with Crippen molar-refractivity contribution in [3.63, 3.8) is 0 Å². The first-order valence-corrected chi connectivity index (χ1v) is 10.5. The molecule has 3 heterocycles. The van der Waals surface area contributed by atoms with Crippen molar-refractivity contribution in [3.8, 4) is 0 Å². The van der Waals surface area contributed by atoms with E-state index in [9.17, 15) is 4.79 Å². The number of anilines is 2. The van der Waals surface area contributed by atoms with Gasteiger partial charge in [0.2, 0.25) is 11.9 Å². The van der Waals surface area contributed by atoms with Gasteiger partial charge in [0.25, 0.3) is 0 Å². The summed E-state index contributed by atoms with van der Waals surface area (Å²) in [5.74, 6) is 0.666. The van der Waals surface area contributed by atoms with Crippen molar-refractivity contribution in [2.75, 3.05) is 43.4 Å². The number of nitrogens with zero attached hydrogens (tertiary/aromatic N) is 5. The summed E-state index contributed by atoms with van der Waals surface area (Å²) >= 11 is 5.90. The van der Waals surface area contributed by atoms with E-state index < -0.39 is 0 Å². The van der Waals surface area contributed by atoms with Crippen LogP contribution in [0, 0.1) is 6.92 Å². The van der Waals surface area contributed by atoms with Gasteiger partial charge >= 0.3 is 0 Å². The molecule has 2 aromatic heterocycles. The minimum Gasteiger partial charge on any atom is -0.338 e. The van der Waals surface area contributed by atoms with Gasteiger partial charge in [-0.1, -0.05) is 23.7 Å². The molecule has 0 spiro atoms. The van der Waals surface area contributed by atoms with Gasteiger partial charge in [-0.2, -0.15) is 4.98 Å². The number of benzene rings is 1. The number of nitrogens with one attached hydrogen (secondary N) is 1. The van der Waals surface area contributed by atoms with E-state index in [0.29, 0.717) is 29.2 Å². The molecule has 1 amide bonds. The van der Waals surface area contributed by atoms with Gasteiger partial charge in [0.15, 0.2) is 5.65 Å². The summed E-state index contributed by atoms with van der Waals surface area (Å²) in [6, 6.07) is 9.44. The first-order valence-electron chi connectivity index (χ1n) is 10.1. The Morgan fingerprint density at radius 2 is 1.87 bits per heavy atom. The summed E-state index contributed by atoms with van der Waals surface area (Å²) in [5, 5.41) is 4.47. The van der Waals surface area contributed by atoms with E-state index in [1.807, 2.05) is 37.3 Å². The Balaban J connectivity index is 1.43. The van der Waals surface area contributed by atoms with Crippen LogP contribution in [0.5, 0.6) is 0 Å². The van der Waals surface area contributed by atoms with Crippen molar-refractivity contribution < 1.29 is 4.79 Å². The fourth-order valence-corrected chi connectivity index (χ4v) is 3.62. The van der Waals surface area contributed by atoms with Gasteiger partial charge in [0.1, 0.15) is 0 Å². The SMILES string of the molecule is Cc1nc(N2CCN(C)CC2)nc2ncc(NC(=O)CCc3ccc(Cl)cc3)cc12. The molecule has 1 saturated heterocycles. The highest BCUT2D eigenvalue weighted by atomic mass is 35.5. The molecular weight excluding hydrogens is 400 g/mol. The lowest BCUT2D eigenvalue weighted by Crippen LogP contribution is -2.45. The summed E-state index contributed by atoms with van der Waals surface area (Å²) < 4.78 is 0. The maximum atomic E-state index is 12.4. The number of rotatable bonds is 5. The molecule has 1 N–H and O–H groups in total. The van der Waals surface area contributed by atoms with Gasteiger partial charge in [-0.25, -0.2) is 9.97 Å². The third kappa shape index (κ3) is 4.86. The third-order valence-electron chi connectivity index (χ3n) is 5.35. The third-order valence-corrected chi connectivity index (χ3v) is 5.61. The van der Waals surface area contributed by atoms with Crippen molar-refractivity contribution in [1.29, 1.82) is 0 Å². The van der Waals surface area contributed by atoms with Crippen LogP contribution >= 0.6 is 11.6 Å². The van der Waals surface area contributed by atoms with Crippen LogP contribution in [0.3, 0.4) is 0 Å². The second kappa shape index (κ2) is 8.93. The number of hydrogen-bond donors (Lipinski definition) is 1.